The molecule has 4 heteroatoms. The van der Waals surface area contributed by atoms with E-state index in [1.165, 1.54) is 5.69 Å². The van der Waals surface area contributed by atoms with Crippen molar-refractivity contribution in [1.29, 1.82) is 0 Å². The largest absolute Gasteiger partial charge is 0.366 e. The smallest absolute Gasteiger partial charge is 0.0808 e. The summed E-state index contributed by atoms with van der Waals surface area (Å²) in [5.74, 6) is 0. The summed E-state index contributed by atoms with van der Waals surface area (Å²) in [6.07, 6.45) is 3.67. The standard InChI is InChI=1S/C13H19BrN2O/c1-12(2)8-16(9-13(3,4)17-12)11-5-6-15-7-10(11)14/h5-7H,8-9H2,1-4H3. The zero-order valence-corrected chi connectivity index (χ0v) is 12.4. The van der Waals surface area contributed by atoms with Crippen LogP contribution in [0.2, 0.25) is 0 Å². The minimum absolute atomic E-state index is 0.134. The summed E-state index contributed by atoms with van der Waals surface area (Å²) in [6, 6.07) is 2.04. The van der Waals surface area contributed by atoms with Gasteiger partial charge in [-0.25, -0.2) is 0 Å². The Morgan fingerprint density at radius 2 is 1.82 bits per heavy atom. The first-order valence-electron chi connectivity index (χ1n) is 5.84. The molecule has 0 N–H and O–H groups in total. The summed E-state index contributed by atoms with van der Waals surface area (Å²) in [5, 5.41) is 0. The minimum atomic E-state index is -0.134. The summed E-state index contributed by atoms with van der Waals surface area (Å²) in [7, 11) is 0. The van der Waals surface area contributed by atoms with Crippen LogP contribution < -0.4 is 4.90 Å². The molecule has 94 valence electrons. The first kappa shape index (κ1) is 12.8. The van der Waals surface area contributed by atoms with Crippen molar-refractivity contribution in [2.24, 2.45) is 0 Å². The van der Waals surface area contributed by atoms with Gasteiger partial charge in [-0.3, -0.25) is 4.98 Å². The van der Waals surface area contributed by atoms with Crippen molar-refractivity contribution in [3.63, 3.8) is 0 Å². The molecule has 1 aliphatic rings. The Kier molecular flexibility index (Phi) is 3.21. The Hall–Kier alpha value is -0.610. The number of pyridine rings is 1. The first-order valence-corrected chi connectivity index (χ1v) is 6.63. The number of anilines is 1. The van der Waals surface area contributed by atoms with Gasteiger partial charge in [-0.15, -0.1) is 0 Å². The number of hydrogen-bond donors (Lipinski definition) is 0. The van der Waals surface area contributed by atoms with Gasteiger partial charge in [0.15, 0.2) is 0 Å². The number of rotatable bonds is 1. The minimum Gasteiger partial charge on any atom is -0.366 e. The van der Waals surface area contributed by atoms with Crippen LogP contribution >= 0.6 is 15.9 Å². The van der Waals surface area contributed by atoms with Gasteiger partial charge < -0.3 is 9.64 Å². The Labute approximate surface area is 111 Å². The maximum atomic E-state index is 6.08. The van der Waals surface area contributed by atoms with Crippen molar-refractivity contribution in [1.82, 2.24) is 4.98 Å². The third kappa shape index (κ3) is 2.99. The van der Waals surface area contributed by atoms with Gasteiger partial charge in [0, 0.05) is 25.5 Å². The second kappa shape index (κ2) is 4.25. The van der Waals surface area contributed by atoms with Gasteiger partial charge in [0.1, 0.15) is 0 Å². The van der Waals surface area contributed by atoms with Gasteiger partial charge in [0.25, 0.3) is 0 Å². The third-order valence-electron chi connectivity index (χ3n) is 2.79. The third-order valence-corrected chi connectivity index (χ3v) is 3.40. The van der Waals surface area contributed by atoms with E-state index in [2.05, 4.69) is 53.5 Å². The number of ether oxygens (including phenoxy) is 1. The summed E-state index contributed by atoms with van der Waals surface area (Å²) < 4.78 is 7.12. The summed E-state index contributed by atoms with van der Waals surface area (Å²) in [4.78, 5) is 6.46. The van der Waals surface area contributed by atoms with Crippen LogP contribution in [0.3, 0.4) is 0 Å². The predicted octanol–water partition coefficient (Wildman–Crippen LogP) is 3.24. The molecular formula is C13H19BrN2O. The van der Waals surface area contributed by atoms with E-state index in [4.69, 9.17) is 4.74 Å². The highest BCUT2D eigenvalue weighted by atomic mass is 79.9. The fraction of sp³-hybridized carbons (Fsp3) is 0.615. The van der Waals surface area contributed by atoms with Crippen LogP contribution in [0.1, 0.15) is 27.7 Å². The molecule has 17 heavy (non-hydrogen) atoms. The molecule has 1 saturated heterocycles. The SMILES string of the molecule is CC1(C)CN(c2ccncc2Br)CC(C)(C)O1. The normalized spacial score (nSPS) is 22.5. The Balaban J connectivity index is 2.30. The first-order chi connectivity index (χ1) is 7.79. The Morgan fingerprint density at radius 1 is 1.24 bits per heavy atom. The molecule has 1 fully saturated rings. The van der Waals surface area contributed by atoms with E-state index in [1.807, 2.05) is 18.5 Å². The van der Waals surface area contributed by atoms with E-state index in [-0.39, 0.29) is 11.2 Å². The fourth-order valence-corrected chi connectivity index (χ4v) is 3.08. The molecule has 0 spiro atoms. The van der Waals surface area contributed by atoms with Crippen molar-refractivity contribution in [2.45, 2.75) is 38.9 Å². The van der Waals surface area contributed by atoms with Gasteiger partial charge in [0.2, 0.25) is 0 Å². The molecule has 0 saturated carbocycles. The molecule has 2 rings (SSSR count). The van der Waals surface area contributed by atoms with Crippen LogP contribution in [-0.2, 0) is 4.74 Å². The van der Waals surface area contributed by atoms with Crippen molar-refractivity contribution in [3.8, 4) is 0 Å². The highest BCUT2D eigenvalue weighted by Gasteiger charge is 2.38. The number of morpholine rings is 1. The quantitative estimate of drug-likeness (QED) is 0.796. The molecule has 1 aromatic rings. The molecule has 0 aliphatic carbocycles. The van der Waals surface area contributed by atoms with Crippen LogP contribution in [-0.4, -0.2) is 29.3 Å². The molecule has 1 aliphatic heterocycles. The van der Waals surface area contributed by atoms with Crippen LogP contribution in [0.15, 0.2) is 22.9 Å². The molecule has 0 amide bonds. The molecule has 0 unspecified atom stereocenters. The van der Waals surface area contributed by atoms with Crippen molar-refractivity contribution in [2.75, 3.05) is 18.0 Å². The van der Waals surface area contributed by atoms with E-state index in [1.54, 1.807) is 0 Å². The lowest BCUT2D eigenvalue weighted by molar-refractivity contribution is -0.133. The number of hydrogen-bond acceptors (Lipinski definition) is 3. The van der Waals surface area contributed by atoms with E-state index >= 15 is 0 Å². The zero-order chi connectivity index (χ0) is 12.7. The lowest BCUT2D eigenvalue weighted by atomic mass is 9.98. The Bertz CT molecular complexity index is 402. The van der Waals surface area contributed by atoms with E-state index in [0.29, 0.717) is 0 Å². The lowest BCUT2D eigenvalue weighted by Crippen LogP contribution is -2.57. The fourth-order valence-electron chi connectivity index (χ4n) is 2.58. The molecule has 1 aromatic heterocycles. The predicted molar refractivity (Wildman–Crippen MR) is 73.4 cm³/mol. The highest BCUT2D eigenvalue weighted by Crippen LogP contribution is 2.34. The summed E-state index contributed by atoms with van der Waals surface area (Å²) in [6.45, 7) is 10.3. The van der Waals surface area contributed by atoms with Crippen LogP contribution in [0, 0.1) is 0 Å². The number of nitrogens with zero attached hydrogens (tertiary/aromatic N) is 2. The Morgan fingerprint density at radius 3 is 2.35 bits per heavy atom. The van der Waals surface area contributed by atoms with E-state index in [9.17, 15) is 0 Å². The molecular weight excluding hydrogens is 280 g/mol. The monoisotopic (exact) mass is 298 g/mol. The molecule has 3 nitrogen and oxygen atoms in total. The topological polar surface area (TPSA) is 25.4 Å². The molecule has 0 bridgehead atoms. The van der Waals surface area contributed by atoms with Gasteiger partial charge in [-0.2, -0.15) is 0 Å². The maximum absolute atomic E-state index is 6.08. The van der Waals surface area contributed by atoms with E-state index in [0.717, 1.165) is 17.6 Å². The summed E-state index contributed by atoms with van der Waals surface area (Å²) in [5.41, 5.74) is 0.916. The van der Waals surface area contributed by atoms with Crippen molar-refractivity contribution >= 4 is 21.6 Å². The van der Waals surface area contributed by atoms with E-state index < -0.39 is 0 Å². The molecule has 0 radical (unpaired) electrons. The average Bonchev–Trinajstić information content (AvgIpc) is 2.13. The van der Waals surface area contributed by atoms with Crippen molar-refractivity contribution < 1.29 is 4.74 Å². The molecule has 2 heterocycles. The molecule has 0 aromatic carbocycles. The summed E-state index contributed by atoms with van der Waals surface area (Å²) >= 11 is 3.56. The average molecular weight is 299 g/mol. The second-order valence-electron chi connectivity index (χ2n) is 5.80. The highest BCUT2D eigenvalue weighted by molar-refractivity contribution is 9.10. The number of aromatic nitrogens is 1. The van der Waals surface area contributed by atoms with Crippen LogP contribution in [0.5, 0.6) is 0 Å². The zero-order valence-electron chi connectivity index (χ0n) is 10.8. The maximum Gasteiger partial charge on any atom is 0.0808 e. The van der Waals surface area contributed by atoms with Gasteiger partial charge in [-0.1, -0.05) is 0 Å². The van der Waals surface area contributed by atoms with Gasteiger partial charge >= 0.3 is 0 Å². The van der Waals surface area contributed by atoms with Crippen molar-refractivity contribution in [3.05, 3.63) is 22.9 Å². The number of halogens is 1. The van der Waals surface area contributed by atoms with Gasteiger partial charge in [0.05, 0.1) is 21.4 Å². The lowest BCUT2D eigenvalue weighted by Gasteiger charge is -2.48. The van der Waals surface area contributed by atoms with Crippen LogP contribution in [0.4, 0.5) is 5.69 Å². The molecule has 0 atom stereocenters. The second-order valence-corrected chi connectivity index (χ2v) is 6.66. The van der Waals surface area contributed by atoms with Crippen LogP contribution in [0.25, 0.3) is 0 Å². The van der Waals surface area contributed by atoms with Gasteiger partial charge in [-0.05, 0) is 49.7 Å².